The Morgan fingerprint density at radius 2 is 1.43 bits per heavy atom. The molecule has 0 aliphatic carbocycles. The summed E-state index contributed by atoms with van der Waals surface area (Å²) in [6.45, 7) is 5.73. The predicted molar refractivity (Wildman–Crippen MR) is 60.4 cm³/mol. The predicted octanol–water partition coefficient (Wildman–Crippen LogP) is 0.149. The first-order valence-electron chi connectivity index (χ1n) is 4.02. The van der Waals surface area contributed by atoms with Crippen molar-refractivity contribution in [2.45, 2.75) is 24.2 Å². The zero-order valence-electron chi connectivity index (χ0n) is 8.23. The van der Waals surface area contributed by atoms with Gasteiger partial charge >= 0.3 is 48.9 Å². The van der Waals surface area contributed by atoms with E-state index in [0.717, 1.165) is 13.1 Å². The van der Waals surface area contributed by atoms with E-state index >= 15 is 0 Å². The number of aromatic nitrogens is 3. The summed E-state index contributed by atoms with van der Waals surface area (Å²) in [5, 5.41) is 0.531. The maximum atomic E-state index is 4.85. The molecule has 0 radical (unpaired) electrons. The van der Waals surface area contributed by atoms with E-state index in [-0.39, 0.29) is 59.2 Å². The van der Waals surface area contributed by atoms with Crippen molar-refractivity contribution in [2.75, 3.05) is 18.0 Å². The Balaban J connectivity index is 0.00000169. The van der Waals surface area contributed by atoms with Crippen LogP contribution in [0.3, 0.4) is 0 Å². The van der Waals surface area contributed by atoms with Gasteiger partial charge in [-0.25, -0.2) is 9.97 Å². The minimum absolute atomic E-state index is 0. The van der Waals surface area contributed by atoms with E-state index in [4.69, 9.17) is 25.3 Å². The molecule has 0 bridgehead atoms. The minimum atomic E-state index is 0. The number of rotatable bonds is 3. The van der Waals surface area contributed by atoms with Gasteiger partial charge in [0.25, 0.3) is 0 Å². The molecule has 1 heterocycles. The molecule has 0 saturated heterocycles. The normalized spacial score (nSPS) is 9.29. The SMILES string of the molecule is CCN(CC)c1nc([S-])nc([S-])n1.[Ba+2]. The van der Waals surface area contributed by atoms with E-state index in [0.29, 0.717) is 5.95 Å². The summed E-state index contributed by atoms with van der Waals surface area (Å²) in [6, 6.07) is 0. The molecule has 0 spiro atoms. The maximum absolute atomic E-state index is 4.85. The van der Waals surface area contributed by atoms with Gasteiger partial charge in [0.1, 0.15) is 0 Å². The Labute approximate surface area is 135 Å². The van der Waals surface area contributed by atoms with Crippen molar-refractivity contribution in [1.82, 2.24) is 15.0 Å². The summed E-state index contributed by atoms with van der Waals surface area (Å²) in [7, 11) is 0. The van der Waals surface area contributed by atoms with Crippen LogP contribution >= 0.6 is 0 Å². The third-order valence-electron chi connectivity index (χ3n) is 1.63. The van der Waals surface area contributed by atoms with Crippen molar-refractivity contribution in [3.8, 4) is 0 Å². The average molecular weight is 352 g/mol. The van der Waals surface area contributed by atoms with Gasteiger partial charge in [0.15, 0.2) is 0 Å². The van der Waals surface area contributed by atoms with Gasteiger partial charge in [-0.05, 0) is 13.8 Å². The fourth-order valence-corrected chi connectivity index (χ4v) is 1.37. The van der Waals surface area contributed by atoms with Crippen LogP contribution in [0.25, 0.3) is 0 Å². The average Bonchev–Trinajstić information content (AvgIpc) is 2.04. The number of anilines is 1. The van der Waals surface area contributed by atoms with Gasteiger partial charge in [-0.1, -0.05) is 0 Å². The van der Waals surface area contributed by atoms with Crippen LogP contribution in [0.1, 0.15) is 13.8 Å². The van der Waals surface area contributed by atoms with Gasteiger partial charge in [-0.3, -0.25) is 4.98 Å². The minimum Gasteiger partial charge on any atom is -0.740 e. The Kier molecular flexibility index (Phi) is 7.57. The van der Waals surface area contributed by atoms with Crippen LogP contribution in [-0.4, -0.2) is 76.9 Å². The second-order valence-corrected chi connectivity index (χ2v) is 3.10. The molecule has 0 aliphatic heterocycles. The largest absolute Gasteiger partial charge is 2.00 e. The fourth-order valence-electron chi connectivity index (χ4n) is 0.976. The smallest absolute Gasteiger partial charge is 0.740 e. The molecule has 0 atom stereocenters. The van der Waals surface area contributed by atoms with Gasteiger partial charge in [-0.2, -0.15) is 0 Å². The van der Waals surface area contributed by atoms with E-state index < -0.39 is 0 Å². The molecule has 1 aromatic heterocycles. The van der Waals surface area contributed by atoms with Crippen molar-refractivity contribution < 1.29 is 0 Å². The summed E-state index contributed by atoms with van der Waals surface area (Å²) in [5.41, 5.74) is 0. The molecule has 1 rings (SSSR count). The van der Waals surface area contributed by atoms with Crippen LogP contribution in [0.2, 0.25) is 0 Å². The standard InChI is InChI=1S/C7H12N4S2.Ba/c1-3-11(4-2)5-8-6(12)10-7(13)9-5;/h3-4H2,1-2H3,(H2,8,9,10,12,13);/q;+2/p-2. The summed E-state index contributed by atoms with van der Waals surface area (Å²) < 4.78 is 0. The third kappa shape index (κ3) is 4.13. The molecule has 0 fully saturated rings. The number of nitrogens with zero attached hydrogens (tertiary/aromatic N) is 4. The Bertz CT molecular complexity index is 273. The van der Waals surface area contributed by atoms with Crippen LogP contribution < -0.4 is 4.90 Å². The van der Waals surface area contributed by atoms with Crippen LogP contribution in [0.5, 0.6) is 0 Å². The van der Waals surface area contributed by atoms with Gasteiger partial charge in [0, 0.05) is 23.4 Å². The van der Waals surface area contributed by atoms with Gasteiger partial charge in [0.2, 0.25) is 5.95 Å². The maximum Gasteiger partial charge on any atom is 2.00 e. The van der Waals surface area contributed by atoms with Crippen molar-refractivity contribution in [3.05, 3.63) is 0 Å². The van der Waals surface area contributed by atoms with Crippen LogP contribution in [0, 0.1) is 0 Å². The van der Waals surface area contributed by atoms with E-state index in [9.17, 15) is 0 Å². The number of hydrogen-bond acceptors (Lipinski definition) is 6. The molecule has 7 heteroatoms. The zero-order chi connectivity index (χ0) is 9.84. The Morgan fingerprint density at radius 1 is 1.00 bits per heavy atom. The molecule has 0 aliphatic rings. The monoisotopic (exact) mass is 352 g/mol. The molecule has 0 aromatic carbocycles. The first-order chi connectivity index (χ1) is 6.17. The second-order valence-electron chi connectivity index (χ2n) is 2.37. The third-order valence-corrected chi connectivity index (χ3v) is 1.99. The molecule has 0 saturated carbocycles. The molecule has 72 valence electrons. The van der Waals surface area contributed by atoms with Crippen LogP contribution in [0.15, 0.2) is 10.3 Å². The molecule has 14 heavy (non-hydrogen) atoms. The summed E-state index contributed by atoms with van der Waals surface area (Å²) >= 11 is 9.69. The van der Waals surface area contributed by atoms with Crippen LogP contribution in [0.4, 0.5) is 5.95 Å². The van der Waals surface area contributed by atoms with Crippen molar-refractivity contribution in [1.29, 1.82) is 0 Å². The first kappa shape index (κ1) is 14.8. The molecular formula is C7H10BaN4S2. The van der Waals surface area contributed by atoms with Gasteiger partial charge < -0.3 is 30.2 Å². The number of hydrogen-bond donors (Lipinski definition) is 0. The Hall–Kier alpha value is 0.821. The molecule has 1 aromatic rings. The van der Waals surface area contributed by atoms with Crippen LogP contribution in [-0.2, 0) is 25.3 Å². The second kappa shape index (κ2) is 7.15. The van der Waals surface area contributed by atoms with E-state index in [1.165, 1.54) is 0 Å². The molecule has 0 N–H and O–H groups in total. The zero-order valence-corrected chi connectivity index (χ0v) is 14.3. The van der Waals surface area contributed by atoms with Gasteiger partial charge in [-0.15, -0.1) is 0 Å². The molecule has 0 amide bonds. The van der Waals surface area contributed by atoms with Crippen molar-refractivity contribution >= 4 is 80.1 Å². The topological polar surface area (TPSA) is 41.9 Å². The molecule has 4 nitrogen and oxygen atoms in total. The quantitative estimate of drug-likeness (QED) is 0.570. The molecular weight excluding hydrogens is 342 g/mol. The van der Waals surface area contributed by atoms with Gasteiger partial charge in [0.05, 0.1) is 0 Å². The summed E-state index contributed by atoms with van der Waals surface area (Å²) in [6.07, 6.45) is 0. The molecule has 0 unspecified atom stereocenters. The summed E-state index contributed by atoms with van der Waals surface area (Å²) in [4.78, 5) is 13.8. The van der Waals surface area contributed by atoms with Crippen molar-refractivity contribution in [2.24, 2.45) is 0 Å². The fraction of sp³-hybridized carbons (Fsp3) is 0.571. The Morgan fingerprint density at radius 3 is 1.79 bits per heavy atom. The van der Waals surface area contributed by atoms with E-state index in [2.05, 4.69) is 15.0 Å². The first-order valence-corrected chi connectivity index (χ1v) is 4.84. The van der Waals surface area contributed by atoms with Crippen molar-refractivity contribution in [3.63, 3.8) is 0 Å². The summed E-state index contributed by atoms with van der Waals surface area (Å²) in [5.74, 6) is 0.579. The van der Waals surface area contributed by atoms with E-state index in [1.54, 1.807) is 0 Å². The van der Waals surface area contributed by atoms with E-state index in [1.807, 2.05) is 18.7 Å².